The minimum absolute atomic E-state index is 0.283. The molecular weight excluding hydrogens is 421 g/mol. The molecule has 1 unspecified atom stereocenters. The highest BCUT2D eigenvalue weighted by Gasteiger charge is 2.18. The molecule has 0 amide bonds. The Morgan fingerprint density at radius 3 is 2.72 bits per heavy atom. The van der Waals surface area contributed by atoms with Crippen molar-refractivity contribution in [2.75, 3.05) is 6.54 Å². The van der Waals surface area contributed by atoms with Gasteiger partial charge in [0.15, 0.2) is 0 Å². The van der Waals surface area contributed by atoms with Crippen LogP contribution in [0.1, 0.15) is 29.0 Å². The third kappa shape index (κ3) is 3.15. The molecule has 4 heteroatoms. The number of nitrogens with one attached hydrogen (secondary N) is 1. The molecule has 2 aromatic rings. The van der Waals surface area contributed by atoms with Crippen molar-refractivity contribution in [1.82, 2.24) is 5.32 Å². The molecule has 1 aromatic heterocycles. The summed E-state index contributed by atoms with van der Waals surface area (Å²) in [5.74, 6) is 0. The summed E-state index contributed by atoms with van der Waals surface area (Å²) in [7, 11) is 0. The van der Waals surface area contributed by atoms with Gasteiger partial charge in [-0.05, 0) is 76.8 Å². The summed E-state index contributed by atoms with van der Waals surface area (Å²) < 4.78 is 2.43. The average Bonchev–Trinajstić information content (AvgIpc) is 2.76. The van der Waals surface area contributed by atoms with Crippen LogP contribution in [0.3, 0.4) is 0 Å². The third-order valence-electron chi connectivity index (χ3n) is 2.89. The molecule has 2 rings (SSSR count). The van der Waals surface area contributed by atoms with Gasteiger partial charge in [0.25, 0.3) is 0 Å². The SMILES string of the molecule is CCNC(c1cc(Br)ccc1I)c1ccsc1C. The predicted octanol–water partition coefficient (Wildman–Crippen LogP) is 5.12. The summed E-state index contributed by atoms with van der Waals surface area (Å²) in [4.78, 5) is 1.39. The lowest BCUT2D eigenvalue weighted by Gasteiger charge is -2.20. The fourth-order valence-corrected chi connectivity index (χ4v) is 3.79. The van der Waals surface area contributed by atoms with Gasteiger partial charge in [-0.25, -0.2) is 0 Å². The molecule has 0 bridgehead atoms. The molecule has 0 aliphatic carbocycles. The molecule has 1 atom stereocenters. The van der Waals surface area contributed by atoms with Gasteiger partial charge in [0.05, 0.1) is 6.04 Å². The summed E-state index contributed by atoms with van der Waals surface area (Å²) in [5.41, 5.74) is 2.73. The first-order chi connectivity index (χ1) is 8.63. The van der Waals surface area contributed by atoms with Gasteiger partial charge in [0.2, 0.25) is 0 Å². The van der Waals surface area contributed by atoms with Crippen LogP contribution in [0.5, 0.6) is 0 Å². The van der Waals surface area contributed by atoms with E-state index in [1.165, 1.54) is 19.6 Å². The van der Waals surface area contributed by atoms with Gasteiger partial charge in [0.1, 0.15) is 0 Å². The van der Waals surface area contributed by atoms with E-state index in [0.29, 0.717) is 0 Å². The molecule has 1 N–H and O–H groups in total. The van der Waals surface area contributed by atoms with Crippen LogP contribution < -0.4 is 5.32 Å². The van der Waals surface area contributed by atoms with E-state index in [4.69, 9.17) is 0 Å². The van der Waals surface area contributed by atoms with Crippen molar-refractivity contribution in [3.63, 3.8) is 0 Å². The second-order valence-electron chi connectivity index (χ2n) is 4.09. The van der Waals surface area contributed by atoms with E-state index in [1.807, 2.05) is 11.3 Å². The highest BCUT2D eigenvalue weighted by Crippen LogP contribution is 2.32. The molecule has 18 heavy (non-hydrogen) atoms. The number of aryl methyl sites for hydroxylation is 1. The second kappa shape index (κ2) is 6.50. The Morgan fingerprint density at radius 2 is 2.11 bits per heavy atom. The number of hydrogen-bond acceptors (Lipinski definition) is 2. The van der Waals surface area contributed by atoms with Gasteiger partial charge in [0, 0.05) is 12.9 Å². The first-order valence-corrected chi connectivity index (χ1v) is 8.61. The van der Waals surface area contributed by atoms with E-state index in [0.717, 1.165) is 11.0 Å². The monoisotopic (exact) mass is 435 g/mol. The summed E-state index contributed by atoms with van der Waals surface area (Å²) in [5, 5.41) is 5.76. The summed E-state index contributed by atoms with van der Waals surface area (Å²) in [6.07, 6.45) is 0. The first kappa shape index (κ1) is 14.5. The number of halogens is 2. The zero-order valence-electron chi connectivity index (χ0n) is 10.3. The number of hydrogen-bond donors (Lipinski definition) is 1. The Bertz CT molecular complexity index is 538. The van der Waals surface area contributed by atoms with Crippen molar-refractivity contribution in [1.29, 1.82) is 0 Å². The molecule has 1 aromatic carbocycles. The van der Waals surface area contributed by atoms with Crippen LogP contribution in [0.15, 0.2) is 34.1 Å². The minimum Gasteiger partial charge on any atom is -0.306 e. The first-order valence-electron chi connectivity index (χ1n) is 5.85. The van der Waals surface area contributed by atoms with Crippen molar-refractivity contribution >= 4 is 49.9 Å². The maximum absolute atomic E-state index is 3.59. The van der Waals surface area contributed by atoms with E-state index in [2.05, 4.69) is 87.3 Å². The Labute approximate surface area is 134 Å². The molecule has 0 aliphatic rings. The van der Waals surface area contributed by atoms with Crippen LogP contribution in [-0.2, 0) is 0 Å². The van der Waals surface area contributed by atoms with Gasteiger partial charge in [-0.3, -0.25) is 0 Å². The van der Waals surface area contributed by atoms with Gasteiger partial charge in [-0.15, -0.1) is 11.3 Å². The minimum atomic E-state index is 0.283. The predicted molar refractivity (Wildman–Crippen MR) is 91.4 cm³/mol. The molecule has 0 saturated heterocycles. The zero-order chi connectivity index (χ0) is 13.1. The molecule has 0 saturated carbocycles. The zero-order valence-corrected chi connectivity index (χ0v) is 14.9. The van der Waals surface area contributed by atoms with E-state index in [-0.39, 0.29) is 6.04 Å². The van der Waals surface area contributed by atoms with Crippen molar-refractivity contribution < 1.29 is 0 Å². The molecular formula is C14H15BrINS. The van der Waals surface area contributed by atoms with Crippen LogP contribution >= 0.6 is 49.9 Å². The van der Waals surface area contributed by atoms with Crippen LogP contribution in [0.4, 0.5) is 0 Å². The lowest BCUT2D eigenvalue weighted by molar-refractivity contribution is 0.627. The van der Waals surface area contributed by atoms with Gasteiger partial charge in [-0.1, -0.05) is 22.9 Å². The van der Waals surface area contributed by atoms with E-state index < -0.39 is 0 Å². The highest BCUT2D eigenvalue weighted by atomic mass is 127. The van der Waals surface area contributed by atoms with Crippen molar-refractivity contribution in [3.8, 4) is 0 Å². The quantitative estimate of drug-likeness (QED) is 0.657. The lowest BCUT2D eigenvalue weighted by atomic mass is 9.99. The average molecular weight is 436 g/mol. The molecule has 1 nitrogen and oxygen atoms in total. The van der Waals surface area contributed by atoms with Gasteiger partial charge in [-0.2, -0.15) is 0 Å². The second-order valence-corrected chi connectivity index (χ2v) is 7.29. The molecule has 96 valence electrons. The Balaban J connectivity index is 2.48. The summed E-state index contributed by atoms with van der Waals surface area (Å²) in [6.45, 7) is 5.30. The van der Waals surface area contributed by atoms with E-state index in [9.17, 15) is 0 Å². The Kier molecular flexibility index (Phi) is 5.24. The number of benzene rings is 1. The fourth-order valence-electron chi connectivity index (χ4n) is 2.02. The smallest absolute Gasteiger partial charge is 0.0598 e. The van der Waals surface area contributed by atoms with Crippen LogP contribution in [0.25, 0.3) is 0 Å². The summed E-state index contributed by atoms with van der Waals surface area (Å²) >= 11 is 7.79. The highest BCUT2D eigenvalue weighted by molar-refractivity contribution is 14.1. The van der Waals surface area contributed by atoms with Crippen LogP contribution in [0.2, 0.25) is 0 Å². The molecule has 1 heterocycles. The maximum atomic E-state index is 3.59. The molecule has 0 radical (unpaired) electrons. The van der Waals surface area contributed by atoms with Gasteiger partial charge >= 0.3 is 0 Å². The van der Waals surface area contributed by atoms with Crippen molar-refractivity contribution in [2.45, 2.75) is 19.9 Å². The molecule has 0 spiro atoms. The van der Waals surface area contributed by atoms with Crippen molar-refractivity contribution in [2.24, 2.45) is 0 Å². The third-order valence-corrected chi connectivity index (χ3v) is 5.22. The lowest BCUT2D eigenvalue weighted by Crippen LogP contribution is -2.23. The van der Waals surface area contributed by atoms with Crippen molar-refractivity contribution in [3.05, 3.63) is 53.7 Å². The number of thiophene rings is 1. The van der Waals surface area contributed by atoms with E-state index in [1.54, 1.807) is 0 Å². The standard InChI is InChI=1S/C14H15BrINS/c1-3-17-14(11-6-7-18-9(11)2)12-8-10(15)4-5-13(12)16/h4-8,14,17H,3H2,1-2H3. The fraction of sp³-hybridized carbons (Fsp3) is 0.286. The van der Waals surface area contributed by atoms with Crippen LogP contribution in [0, 0.1) is 10.5 Å². The number of rotatable bonds is 4. The normalized spacial score (nSPS) is 12.7. The Hall–Kier alpha value is 0.0900. The maximum Gasteiger partial charge on any atom is 0.0598 e. The topological polar surface area (TPSA) is 12.0 Å². The summed E-state index contributed by atoms with van der Waals surface area (Å²) in [6, 6.07) is 8.97. The van der Waals surface area contributed by atoms with Gasteiger partial charge < -0.3 is 5.32 Å². The van der Waals surface area contributed by atoms with Crippen LogP contribution in [-0.4, -0.2) is 6.54 Å². The van der Waals surface area contributed by atoms with E-state index >= 15 is 0 Å². The largest absolute Gasteiger partial charge is 0.306 e. The molecule has 0 aliphatic heterocycles. The Morgan fingerprint density at radius 1 is 1.33 bits per heavy atom. The molecule has 0 fully saturated rings.